The maximum absolute atomic E-state index is 13.8. The van der Waals surface area contributed by atoms with Crippen molar-refractivity contribution in [3.05, 3.63) is 150 Å². The first kappa shape index (κ1) is 56.3. The molecule has 398 valence electrons. The minimum absolute atomic E-state index is 0.0481. The average molecular weight is 1020 g/mol. The van der Waals surface area contributed by atoms with Crippen molar-refractivity contribution in [2.75, 3.05) is 81.7 Å². The molecule has 0 spiro atoms. The summed E-state index contributed by atoms with van der Waals surface area (Å²) in [4.78, 5) is 42.2. The highest BCUT2D eigenvalue weighted by Crippen LogP contribution is 2.39. The van der Waals surface area contributed by atoms with Gasteiger partial charge >= 0.3 is 0 Å². The molecule has 2 aromatic heterocycles. The summed E-state index contributed by atoms with van der Waals surface area (Å²) in [6.07, 6.45) is 11.9. The molecule has 3 saturated heterocycles. The summed E-state index contributed by atoms with van der Waals surface area (Å²) in [5.74, 6) is 1.39. The average Bonchev–Trinajstić information content (AvgIpc) is 4.20. The highest BCUT2D eigenvalue weighted by Gasteiger charge is 2.26. The van der Waals surface area contributed by atoms with Crippen molar-refractivity contribution >= 4 is 44.8 Å². The summed E-state index contributed by atoms with van der Waals surface area (Å²) in [5, 5.41) is 8.17. The first-order valence-corrected chi connectivity index (χ1v) is 26.8. The van der Waals surface area contributed by atoms with Gasteiger partial charge in [0.1, 0.15) is 5.69 Å². The minimum atomic E-state index is -0.0481. The third kappa shape index (κ3) is 16.0. The zero-order valence-corrected chi connectivity index (χ0v) is 45.3. The van der Waals surface area contributed by atoms with Crippen LogP contribution in [0.3, 0.4) is 0 Å². The van der Waals surface area contributed by atoms with Gasteiger partial charge in [-0.1, -0.05) is 84.9 Å². The first-order chi connectivity index (χ1) is 36.6. The summed E-state index contributed by atoms with van der Waals surface area (Å²) in [7, 11) is 11.3. The molecule has 3 aliphatic rings. The van der Waals surface area contributed by atoms with Gasteiger partial charge in [0.05, 0.1) is 38.1 Å². The van der Waals surface area contributed by atoms with Crippen molar-refractivity contribution < 1.29 is 23.8 Å². The van der Waals surface area contributed by atoms with E-state index in [1.165, 1.54) is 80.6 Å². The number of carbonyl (C=O) groups is 2. The van der Waals surface area contributed by atoms with E-state index in [-0.39, 0.29) is 5.91 Å². The van der Waals surface area contributed by atoms with E-state index >= 15 is 0 Å². The van der Waals surface area contributed by atoms with Gasteiger partial charge in [0.15, 0.2) is 17.8 Å². The Kier molecular flexibility index (Phi) is 21.7. The van der Waals surface area contributed by atoms with E-state index in [2.05, 4.69) is 112 Å². The monoisotopic (exact) mass is 1020 g/mol. The number of hydrogen-bond acceptors (Lipinski definition) is 12. The number of pyridine rings is 2. The minimum Gasteiger partial charge on any atom is -0.493 e. The van der Waals surface area contributed by atoms with Gasteiger partial charge in [-0.15, -0.1) is 0 Å². The van der Waals surface area contributed by atoms with Crippen LogP contribution >= 0.6 is 0 Å². The van der Waals surface area contributed by atoms with Crippen LogP contribution in [0, 0.1) is 0 Å². The van der Waals surface area contributed by atoms with Gasteiger partial charge in [0.25, 0.3) is 5.91 Å². The van der Waals surface area contributed by atoms with Gasteiger partial charge in [-0.2, -0.15) is 0 Å². The zero-order chi connectivity index (χ0) is 52.9. The van der Waals surface area contributed by atoms with E-state index in [4.69, 9.17) is 19.9 Å². The molecule has 3 N–H and O–H groups in total. The number of methoxy groups -OCH3 is 3. The number of aromatic nitrogens is 2. The molecule has 7 aromatic rings. The lowest BCUT2D eigenvalue weighted by molar-refractivity contribution is 0.0728. The Hall–Kier alpha value is -6.48. The lowest BCUT2D eigenvalue weighted by Crippen LogP contribution is -2.35. The van der Waals surface area contributed by atoms with Crippen LogP contribution in [0.4, 0.5) is 0 Å². The summed E-state index contributed by atoms with van der Waals surface area (Å²) in [6, 6.07) is 44.1. The predicted octanol–water partition coefficient (Wildman–Crippen LogP) is 10.3. The van der Waals surface area contributed by atoms with Crippen molar-refractivity contribution in [2.24, 2.45) is 5.73 Å². The Balaban J connectivity index is 0.000000167. The summed E-state index contributed by atoms with van der Waals surface area (Å²) >= 11 is 0. The van der Waals surface area contributed by atoms with Crippen molar-refractivity contribution in [1.82, 2.24) is 34.9 Å². The normalized spacial score (nSPS) is 17.6. The maximum atomic E-state index is 13.8. The molecular weight excluding hydrogens is 937 g/mol. The molecule has 3 unspecified atom stereocenters. The highest BCUT2D eigenvalue weighted by molar-refractivity contribution is 5.96. The summed E-state index contributed by atoms with van der Waals surface area (Å²) in [5.41, 5.74) is 10.6. The molecule has 0 bridgehead atoms. The standard InChI is InChI=1S/C28H34N2O4.C17H23N3.C10H7NO.C7H16N2/c1-29-14-7-10-24(29)13-15-30(19-20-11-12-21-8-5-6-9-22(21)16-20)28(31)23-17-25(32-2)27(34-4)26(18-23)33-3;1-20-12-4-6-16(20)10-11-18-13-15-9-8-14-5-2-3-7-17(14)19-15;12-7-9-6-5-8-3-1-2-4-10(8)11-9;1-9-6-2-3-7(9)4-5-8/h5-6,8-9,11-12,16-18,24H,7,10,13-15,19H2,1-4H3;2-3,5,7-9,16,18H,4,6,10-13H2,1H3;1-7H;7H,2-6,8H2,1H3. The molecule has 0 saturated carbocycles. The number of nitrogens with one attached hydrogen (secondary N) is 1. The van der Waals surface area contributed by atoms with E-state index in [1.54, 1.807) is 39.5 Å². The number of likely N-dealkylation sites (tertiary alicyclic amines) is 3. The van der Waals surface area contributed by atoms with Crippen LogP contribution in [-0.2, 0) is 13.1 Å². The van der Waals surface area contributed by atoms with Crippen LogP contribution in [-0.4, -0.2) is 142 Å². The fourth-order valence-corrected chi connectivity index (χ4v) is 10.6. The smallest absolute Gasteiger partial charge is 0.254 e. The van der Waals surface area contributed by atoms with Crippen LogP contribution in [0.25, 0.3) is 32.6 Å². The number of fused-ring (bicyclic) bond motifs is 3. The molecule has 3 aliphatic heterocycles. The van der Waals surface area contributed by atoms with Gasteiger partial charge < -0.3 is 44.9 Å². The van der Waals surface area contributed by atoms with E-state index in [0.717, 1.165) is 78.6 Å². The van der Waals surface area contributed by atoms with Crippen LogP contribution in [0.1, 0.15) is 89.9 Å². The number of nitrogens with two attached hydrogens (primary N) is 1. The number of rotatable bonds is 17. The number of amides is 1. The Bertz CT molecular complexity index is 2870. The maximum Gasteiger partial charge on any atom is 0.254 e. The first-order valence-electron chi connectivity index (χ1n) is 26.8. The number of para-hydroxylation sites is 2. The van der Waals surface area contributed by atoms with E-state index < -0.39 is 0 Å². The second kappa shape index (κ2) is 29.0. The van der Waals surface area contributed by atoms with Gasteiger partial charge in [0, 0.05) is 54.1 Å². The molecule has 3 fully saturated rings. The quantitative estimate of drug-likeness (QED) is 0.0663. The molecule has 3 atom stereocenters. The SMILES string of the molecule is CN1CCCC1CCN.CN1CCCC1CCNCc1ccc2ccccc2n1.COc1cc(C(=O)N(CCC2CCCN2C)Cc2ccc3ccccc3c2)cc(OC)c1OC.O=Cc1ccc2ccccc2n1. The predicted molar refractivity (Wildman–Crippen MR) is 305 cm³/mol. The molecule has 0 aliphatic carbocycles. The zero-order valence-electron chi connectivity index (χ0n) is 45.3. The van der Waals surface area contributed by atoms with Crippen LogP contribution < -0.4 is 25.3 Å². The van der Waals surface area contributed by atoms with Crippen molar-refractivity contribution in [3.8, 4) is 17.2 Å². The van der Waals surface area contributed by atoms with E-state index in [0.29, 0.717) is 47.6 Å². The van der Waals surface area contributed by atoms with E-state index in [9.17, 15) is 9.59 Å². The molecular formula is C62H80N8O5. The second-order valence-corrected chi connectivity index (χ2v) is 20.0. The molecule has 10 rings (SSSR count). The summed E-state index contributed by atoms with van der Waals surface area (Å²) in [6.45, 7) is 7.64. The van der Waals surface area contributed by atoms with Crippen molar-refractivity contribution in [3.63, 3.8) is 0 Å². The molecule has 75 heavy (non-hydrogen) atoms. The molecule has 5 heterocycles. The molecule has 0 radical (unpaired) electrons. The Labute approximate surface area is 445 Å². The lowest BCUT2D eigenvalue weighted by atomic mass is 10.1. The molecule has 1 amide bonds. The van der Waals surface area contributed by atoms with Crippen LogP contribution in [0.5, 0.6) is 17.2 Å². The lowest BCUT2D eigenvalue weighted by Gasteiger charge is -2.27. The Morgan fingerprint density at radius 3 is 1.73 bits per heavy atom. The third-order valence-corrected chi connectivity index (χ3v) is 15.0. The number of aldehydes is 1. The largest absolute Gasteiger partial charge is 0.493 e. The Morgan fingerprint density at radius 1 is 0.640 bits per heavy atom. The second-order valence-electron chi connectivity index (χ2n) is 20.0. The van der Waals surface area contributed by atoms with Gasteiger partial charge in [-0.3, -0.25) is 14.6 Å². The number of nitrogens with zero attached hydrogens (tertiary/aromatic N) is 6. The van der Waals surface area contributed by atoms with Crippen molar-refractivity contribution in [1.29, 1.82) is 0 Å². The molecule has 13 heteroatoms. The Morgan fingerprint density at radius 2 is 1.17 bits per heavy atom. The van der Waals surface area contributed by atoms with Gasteiger partial charge in [-0.05, 0) is 170 Å². The number of benzene rings is 5. The number of ether oxygens (including phenoxy) is 3. The topological polar surface area (TPSA) is 139 Å². The van der Waals surface area contributed by atoms with E-state index in [1.807, 2.05) is 53.4 Å². The molecule has 13 nitrogen and oxygen atoms in total. The highest BCUT2D eigenvalue weighted by atomic mass is 16.5. The number of hydrogen-bond donors (Lipinski definition) is 2. The summed E-state index contributed by atoms with van der Waals surface area (Å²) < 4.78 is 16.4. The van der Waals surface area contributed by atoms with Crippen LogP contribution in [0.2, 0.25) is 0 Å². The van der Waals surface area contributed by atoms with Crippen molar-refractivity contribution in [2.45, 2.75) is 89.0 Å². The molecule has 5 aromatic carbocycles. The third-order valence-electron chi connectivity index (χ3n) is 15.0. The fourth-order valence-electron chi connectivity index (χ4n) is 10.6. The number of carbonyl (C=O) groups excluding carboxylic acids is 2. The fraction of sp³-hybridized carbons (Fsp3) is 0.419. The van der Waals surface area contributed by atoms with Crippen LogP contribution in [0.15, 0.2) is 127 Å². The van der Waals surface area contributed by atoms with Gasteiger partial charge in [0.2, 0.25) is 5.75 Å². The van der Waals surface area contributed by atoms with Gasteiger partial charge in [-0.25, -0.2) is 4.98 Å².